The van der Waals surface area contributed by atoms with E-state index in [4.69, 9.17) is 8.83 Å². The molecule has 0 unspecified atom stereocenters. The van der Waals surface area contributed by atoms with Crippen molar-refractivity contribution in [2.75, 3.05) is 9.80 Å². The number of benzene rings is 20. The van der Waals surface area contributed by atoms with Crippen molar-refractivity contribution in [3.63, 3.8) is 0 Å². The molecule has 128 heavy (non-hydrogen) atoms. The second-order valence-electron chi connectivity index (χ2n) is 35.5. The Morgan fingerprint density at radius 1 is 0.195 bits per heavy atom. The molecule has 4 aromatic heterocycles. The highest BCUT2D eigenvalue weighted by Gasteiger charge is 2.38. The quantitative estimate of drug-likeness (QED) is 0.122. The molecule has 26 rings (SSSR count). The summed E-state index contributed by atoms with van der Waals surface area (Å²) in [5, 5.41) is 14.4. The number of nitrogens with zero attached hydrogens (tertiary/aromatic N) is 4. The smallest absolute Gasteiger partial charge is 0.143 e. The van der Waals surface area contributed by atoms with Gasteiger partial charge in [0.05, 0.1) is 22.1 Å². The lowest BCUT2D eigenvalue weighted by atomic mass is 9.82. The molecule has 0 atom stereocenters. The number of furan rings is 2. The summed E-state index contributed by atoms with van der Waals surface area (Å²) in [7, 11) is 0. The first kappa shape index (κ1) is 74.4. The van der Waals surface area contributed by atoms with Crippen LogP contribution in [0.1, 0.15) is 49.9 Å². The van der Waals surface area contributed by atoms with Crippen molar-refractivity contribution in [1.82, 2.24) is 9.13 Å². The van der Waals surface area contributed by atoms with Gasteiger partial charge in [-0.05, 0) is 275 Å². The van der Waals surface area contributed by atoms with Crippen LogP contribution in [0, 0.1) is 0 Å². The van der Waals surface area contributed by atoms with E-state index >= 15 is 0 Å². The SMILES string of the molecule is CC1(C)c2ccccc2-c2ccc(N(c3ccc(-c4ccc5oc6ccccc6c5c4)cc3)c3ccc4cc(-c5ccc6c(c5)c5ccccc5n6-c5ccccc5)ccc4c3)cc21.CC1(C)c2ccccc2-c2ccc(N(c3ccc(-c4cccc5c4oc4ccccc45)cc3)c3ccc4cc(-c5ccc6c(c5)c5ccccc5n6-c5ccccc5)ccc4c3)cc21. The molecule has 2 aliphatic rings. The molecule has 0 aliphatic heterocycles. The number of hydrogen-bond donors (Lipinski definition) is 0. The molecule has 0 amide bonds. The van der Waals surface area contributed by atoms with E-state index in [1.54, 1.807) is 0 Å². The number of aromatic nitrogens is 2. The van der Waals surface area contributed by atoms with Crippen LogP contribution >= 0.6 is 0 Å². The number of para-hydroxylation sites is 7. The van der Waals surface area contributed by atoms with Gasteiger partial charge >= 0.3 is 0 Å². The molecule has 0 radical (unpaired) electrons. The minimum Gasteiger partial charge on any atom is -0.456 e. The number of anilines is 6. The first-order chi connectivity index (χ1) is 62.9. The van der Waals surface area contributed by atoms with Crippen molar-refractivity contribution in [3.8, 4) is 78.1 Å². The monoisotopic (exact) mass is 1640 g/mol. The van der Waals surface area contributed by atoms with Crippen LogP contribution in [-0.2, 0) is 10.8 Å². The molecule has 4 heterocycles. The second kappa shape index (κ2) is 29.2. The summed E-state index contributed by atoms with van der Waals surface area (Å²) >= 11 is 0. The molecule has 6 nitrogen and oxygen atoms in total. The van der Waals surface area contributed by atoms with E-state index in [9.17, 15) is 0 Å². The molecule has 6 heteroatoms. The Morgan fingerprint density at radius 3 is 1.06 bits per heavy atom. The maximum Gasteiger partial charge on any atom is 0.143 e. The maximum absolute atomic E-state index is 6.46. The zero-order valence-electron chi connectivity index (χ0n) is 71.2. The van der Waals surface area contributed by atoms with Crippen LogP contribution in [0.5, 0.6) is 0 Å². The van der Waals surface area contributed by atoms with Gasteiger partial charge in [0.1, 0.15) is 22.3 Å². The third kappa shape index (κ3) is 12.0. The number of rotatable bonds is 12. The molecular formula is C122H84N4O2. The van der Waals surface area contributed by atoms with Gasteiger partial charge in [0.15, 0.2) is 0 Å². The normalized spacial score (nSPS) is 13.0. The molecule has 0 fully saturated rings. The predicted molar refractivity (Wildman–Crippen MR) is 537 cm³/mol. The fourth-order valence-corrected chi connectivity index (χ4v) is 21.1. The largest absolute Gasteiger partial charge is 0.456 e. The van der Waals surface area contributed by atoms with Crippen molar-refractivity contribution in [3.05, 3.63) is 459 Å². The third-order valence-corrected chi connectivity index (χ3v) is 27.5. The van der Waals surface area contributed by atoms with Crippen molar-refractivity contribution in [2.45, 2.75) is 38.5 Å². The van der Waals surface area contributed by atoms with E-state index in [1.165, 1.54) is 143 Å². The molecule has 0 saturated carbocycles. The second-order valence-corrected chi connectivity index (χ2v) is 35.5. The van der Waals surface area contributed by atoms with Gasteiger partial charge in [-0.25, -0.2) is 0 Å². The Morgan fingerprint density at radius 2 is 0.531 bits per heavy atom. The first-order valence-electron chi connectivity index (χ1n) is 44.3. The molecule has 2 aliphatic carbocycles. The Bertz CT molecular complexity index is 8630. The number of hydrogen-bond acceptors (Lipinski definition) is 4. The summed E-state index contributed by atoms with van der Waals surface area (Å²) in [6.07, 6.45) is 0. The molecule has 0 spiro atoms. The van der Waals surface area contributed by atoms with Crippen LogP contribution < -0.4 is 9.80 Å². The Labute approximate surface area is 741 Å². The van der Waals surface area contributed by atoms with Gasteiger partial charge in [0.25, 0.3) is 0 Å². The van der Waals surface area contributed by atoms with Crippen molar-refractivity contribution in [1.29, 1.82) is 0 Å². The third-order valence-electron chi connectivity index (χ3n) is 27.5. The fourth-order valence-electron chi connectivity index (χ4n) is 21.1. The van der Waals surface area contributed by atoms with Crippen LogP contribution in [0.3, 0.4) is 0 Å². The molecule has 20 aromatic carbocycles. The van der Waals surface area contributed by atoms with E-state index < -0.39 is 0 Å². The summed E-state index contributed by atoms with van der Waals surface area (Å²) in [5.74, 6) is 0. The van der Waals surface area contributed by atoms with Crippen LogP contribution in [0.2, 0.25) is 0 Å². The van der Waals surface area contributed by atoms with Gasteiger partial charge in [-0.15, -0.1) is 0 Å². The predicted octanol–water partition coefficient (Wildman–Crippen LogP) is 33.9. The zero-order chi connectivity index (χ0) is 85.0. The summed E-state index contributed by atoms with van der Waals surface area (Å²) < 4.78 is 17.4. The van der Waals surface area contributed by atoms with Crippen LogP contribution in [0.4, 0.5) is 34.1 Å². The topological polar surface area (TPSA) is 42.6 Å². The lowest BCUT2D eigenvalue weighted by Gasteiger charge is -2.28. The molecule has 24 aromatic rings. The Hall–Kier alpha value is -16.3. The number of fused-ring (bicyclic) bond motifs is 20. The van der Waals surface area contributed by atoms with Gasteiger partial charge in [-0.2, -0.15) is 0 Å². The van der Waals surface area contributed by atoms with Crippen molar-refractivity contribution >= 4 is 143 Å². The summed E-state index contributed by atoms with van der Waals surface area (Å²) in [4.78, 5) is 4.83. The Kier molecular flexibility index (Phi) is 17.0. The Balaban J connectivity index is 0.000000139. The maximum atomic E-state index is 6.46. The standard InChI is InChI=1S/2C61H42N2O/c1-61(2)55-20-9-6-15-49(55)50-33-32-47(38-56(50)61)62(45-29-25-39(26-30-45)48-18-12-19-53-52-17-8-11-22-59(52)64-60(48)53)46-31-27-41-35-40(23-24-42(41)36-46)43-28-34-58-54(37-43)51-16-7-10-21-57(51)63(58)44-13-4-3-5-14-44;1-61(2)55-17-9-6-14-49(55)50-31-30-48(38-56(50)61)62(46-27-22-39(23-28-46)43-26-33-60-54(37-43)52-16-8-11-19-59(52)64-60)47-29-24-41-34-40(20-21-42(41)35-47)44-25-32-58-53(36-44)51-15-7-10-18-57(51)63(58)45-12-4-3-5-13-45/h2*3-38H,1-2H3. The molecule has 0 N–H and O–H groups in total. The molecule has 0 saturated heterocycles. The minimum atomic E-state index is -0.123. The highest BCUT2D eigenvalue weighted by molar-refractivity contribution is 6.14. The van der Waals surface area contributed by atoms with Crippen molar-refractivity contribution in [2.24, 2.45) is 0 Å². The van der Waals surface area contributed by atoms with Crippen LogP contribution in [0.15, 0.2) is 446 Å². The van der Waals surface area contributed by atoms with Gasteiger partial charge in [0, 0.05) is 105 Å². The van der Waals surface area contributed by atoms with Crippen LogP contribution in [0.25, 0.3) is 187 Å². The highest BCUT2D eigenvalue weighted by atomic mass is 16.3. The van der Waals surface area contributed by atoms with Gasteiger partial charge in [-0.3, -0.25) is 0 Å². The first-order valence-corrected chi connectivity index (χ1v) is 44.3. The average molecular weight is 1640 g/mol. The summed E-state index contributed by atoms with van der Waals surface area (Å²) in [6.45, 7) is 9.42. The van der Waals surface area contributed by atoms with Crippen LogP contribution in [-0.4, -0.2) is 9.13 Å². The van der Waals surface area contributed by atoms with E-state index in [1.807, 2.05) is 24.3 Å². The van der Waals surface area contributed by atoms with E-state index in [0.29, 0.717) is 0 Å². The summed E-state index contributed by atoms with van der Waals surface area (Å²) in [6, 6.07) is 160. The molecule has 604 valence electrons. The zero-order valence-corrected chi connectivity index (χ0v) is 71.2. The highest BCUT2D eigenvalue weighted by Crippen LogP contribution is 2.54. The lowest BCUT2D eigenvalue weighted by Crippen LogP contribution is -2.16. The molecular weight excluding hydrogens is 1550 g/mol. The minimum absolute atomic E-state index is 0.118. The van der Waals surface area contributed by atoms with Gasteiger partial charge in [0.2, 0.25) is 0 Å². The van der Waals surface area contributed by atoms with Crippen molar-refractivity contribution < 1.29 is 8.83 Å². The van der Waals surface area contributed by atoms with E-state index in [-0.39, 0.29) is 10.8 Å². The average Bonchev–Trinajstić information content (AvgIpc) is 1.59. The fraction of sp³-hybridized carbons (Fsp3) is 0.0492. The molecule has 0 bridgehead atoms. The van der Waals surface area contributed by atoms with E-state index in [2.05, 4.69) is 459 Å². The summed E-state index contributed by atoms with van der Waals surface area (Å²) in [5.41, 5.74) is 37.4. The lowest BCUT2D eigenvalue weighted by molar-refractivity contribution is 0.660. The van der Waals surface area contributed by atoms with Gasteiger partial charge in [-0.1, -0.05) is 295 Å². The van der Waals surface area contributed by atoms with E-state index in [0.717, 1.165) is 100 Å². The van der Waals surface area contributed by atoms with Gasteiger partial charge < -0.3 is 27.8 Å².